The average molecular weight is 1010 g/mol. The second kappa shape index (κ2) is 21.1. The molecular weight excluding hydrogens is 957 g/mol. The Hall–Kier alpha value is -7.48. The molecule has 4 aliphatic rings. The third-order valence-corrected chi connectivity index (χ3v) is 14.6. The lowest BCUT2D eigenvalue weighted by molar-refractivity contribution is -0.153. The van der Waals surface area contributed by atoms with Crippen LogP contribution in [0.4, 0.5) is 9.93 Å². The number of ether oxygens (including phenoxy) is 3. The average Bonchev–Trinajstić information content (AvgIpc) is 4.11. The Labute approximate surface area is 425 Å². The monoisotopic (exact) mass is 1010 g/mol. The van der Waals surface area contributed by atoms with Crippen LogP contribution in [0.25, 0.3) is 0 Å². The first-order valence-electron chi connectivity index (χ1n) is 23.3. The first-order valence-corrected chi connectivity index (χ1v) is 25.3. The number of allylic oxidation sites excluding steroid dienone is 1. The molecule has 0 bridgehead atoms. The van der Waals surface area contributed by atoms with E-state index in [2.05, 4.69) is 57.5 Å². The fourth-order valence-corrected chi connectivity index (χ4v) is 11.3. The highest BCUT2D eigenvalue weighted by molar-refractivity contribution is 8.00. The maximum absolute atomic E-state index is 14.3. The van der Waals surface area contributed by atoms with E-state index in [-0.39, 0.29) is 48.0 Å². The number of amides is 4. The van der Waals surface area contributed by atoms with Gasteiger partial charge in [0, 0.05) is 24.2 Å². The predicted molar refractivity (Wildman–Crippen MR) is 272 cm³/mol. The maximum atomic E-state index is 14.3. The number of aromatic nitrogens is 1. The highest BCUT2D eigenvalue weighted by Gasteiger charge is 2.55. The van der Waals surface area contributed by atoms with Gasteiger partial charge in [-0.05, 0) is 67.2 Å². The number of esters is 1. The Bertz CT molecular complexity index is 2810. The molecule has 0 saturated carbocycles. The summed E-state index contributed by atoms with van der Waals surface area (Å²) < 4.78 is 16.5. The SMILES string of the molecule is CO/N=C(\C(=O)N[C@@H]1C(=O)N2C(C(=O)OCc3ccc(OC)cc3)=C(/C=C/C3CCN4CC(NC(=O)OC(C)(C)C)C(=O)N34)CS[C@H]12)c1csc(NC(c2ccccc2)(c2ccccc2)c2ccccc2)n1. The molecule has 4 atom stereocenters. The Morgan fingerprint density at radius 2 is 1.49 bits per heavy atom. The van der Waals surface area contributed by atoms with Gasteiger partial charge in [0.2, 0.25) is 0 Å². The molecule has 4 amide bonds. The molecule has 3 saturated heterocycles. The number of anilines is 1. The van der Waals surface area contributed by atoms with E-state index in [1.807, 2.05) is 65.7 Å². The fourth-order valence-electron chi connectivity index (χ4n) is 9.20. The van der Waals surface area contributed by atoms with E-state index in [0.717, 1.165) is 16.7 Å². The van der Waals surface area contributed by atoms with Crippen LogP contribution in [0.15, 0.2) is 149 Å². The van der Waals surface area contributed by atoms with E-state index in [1.54, 1.807) is 68.6 Å². The molecule has 0 radical (unpaired) electrons. The molecule has 5 aromatic rings. The normalized spacial score (nSPS) is 20.2. The third-order valence-electron chi connectivity index (χ3n) is 12.5. The van der Waals surface area contributed by atoms with Gasteiger partial charge in [-0.15, -0.1) is 23.1 Å². The van der Waals surface area contributed by atoms with Gasteiger partial charge < -0.3 is 35.0 Å². The summed E-state index contributed by atoms with van der Waals surface area (Å²) >= 11 is 2.65. The van der Waals surface area contributed by atoms with Crippen molar-refractivity contribution in [3.8, 4) is 5.75 Å². The largest absolute Gasteiger partial charge is 0.497 e. The first-order chi connectivity index (χ1) is 34.8. The van der Waals surface area contributed by atoms with Crippen LogP contribution in [-0.4, -0.2) is 118 Å². The second-order valence-electron chi connectivity index (χ2n) is 18.3. The molecule has 0 spiro atoms. The molecule has 9 rings (SSSR count). The van der Waals surface area contributed by atoms with Crippen molar-refractivity contribution in [2.75, 3.05) is 38.4 Å². The number of thioether (sulfide) groups is 1. The smallest absolute Gasteiger partial charge is 0.408 e. The number of benzene rings is 4. The van der Waals surface area contributed by atoms with Crippen molar-refractivity contribution in [3.63, 3.8) is 0 Å². The van der Waals surface area contributed by atoms with Crippen LogP contribution in [0.3, 0.4) is 0 Å². The highest BCUT2D eigenvalue weighted by Crippen LogP contribution is 2.43. The van der Waals surface area contributed by atoms with E-state index in [4.69, 9.17) is 24.0 Å². The van der Waals surface area contributed by atoms with Crippen molar-refractivity contribution in [2.45, 2.75) is 68.4 Å². The lowest BCUT2D eigenvalue weighted by Gasteiger charge is -2.49. The number of hydrogen-bond acceptors (Lipinski definition) is 15. The molecule has 0 aliphatic carbocycles. The van der Waals surface area contributed by atoms with E-state index in [1.165, 1.54) is 35.1 Å². The number of alkyl carbamates (subject to hydrolysis) is 1. The van der Waals surface area contributed by atoms with Gasteiger partial charge in [-0.25, -0.2) is 19.6 Å². The Morgan fingerprint density at radius 3 is 2.08 bits per heavy atom. The third kappa shape index (κ3) is 10.2. The number of thiazole rings is 1. The van der Waals surface area contributed by atoms with Crippen molar-refractivity contribution in [2.24, 2.45) is 5.16 Å². The predicted octanol–water partition coefficient (Wildman–Crippen LogP) is 6.58. The van der Waals surface area contributed by atoms with E-state index >= 15 is 0 Å². The summed E-state index contributed by atoms with van der Waals surface area (Å²) in [5, 5.41) is 18.4. The van der Waals surface area contributed by atoms with Gasteiger partial charge in [-0.3, -0.25) is 24.3 Å². The summed E-state index contributed by atoms with van der Waals surface area (Å²) in [6, 6.07) is 35.0. The number of β-lactam (4-membered cyclic amide) rings is 1. The van der Waals surface area contributed by atoms with Gasteiger partial charge >= 0.3 is 12.1 Å². The Kier molecular flexibility index (Phi) is 14.5. The van der Waals surface area contributed by atoms with Crippen LogP contribution in [0.5, 0.6) is 5.75 Å². The standard InChI is InChI=1S/C53H54N8O9S2/c1-52(2,3)70-51(66)55-40-29-59-28-27-38(61(59)46(40)63)24-23-34-31-71-48-43(47(64)60(48)44(34)49(65)69-30-33-21-25-39(67-4)26-22-33)56-45(62)42(58-68-5)41-32-72-50(54-41)57-53(35-15-9-6-10-16-35,36-17-11-7-12-18-36)37-19-13-8-14-20-37/h6-26,32,38,40,43,48H,27-31H2,1-5H3,(H,54,57)(H,55,66)(H,56,62)/b24-23+,58-42-/t38?,40?,43-,48-/m1/s1. The minimum absolute atomic E-state index is 0.0332. The van der Waals surface area contributed by atoms with Gasteiger partial charge in [0.25, 0.3) is 17.7 Å². The number of rotatable bonds is 16. The summed E-state index contributed by atoms with van der Waals surface area (Å²) in [7, 11) is 2.88. The minimum Gasteiger partial charge on any atom is -0.497 e. The van der Waals surface area contributed by atoms with Crippen molar-refractivity contribution >= 4 is 63.7 Å². The molecule has 372 valence electrons. The number of nitrogens with zero attached hydrogens (tertiary/aromatic N) is 5. The zero-order valence-electron chi connectivity index (χ0n) is 40.3. The van der Waals surface area contributed by atoms with E-state index < -0.39 is 52.5 Å². The van der Waals surface area contributed by atoms with Gasteiger partial charge in [0.1, 0.15) is 59.5 Å². The van der Waals surface area contributed by atoms with Crippen LogP contribution in [0.2, 0.25) is 0 Å². The molecule has 72 heavy (non-hydrogen) atoms. The molecular formula is C53H54N8O9S2. The Balaban J connectivity index is 0.946. The number of hydrogen-bond donors (Lipinski definition) is 3. The van der Waals surface area contributed by atoms with Gasteiger partial charge in [-0.2, -0.15) is 0 Å². The molecule has 3 fully saturated rings. The maximum Gasteiger partial charge on any atom is 0.408 e. The van der Waals surface area contributed by atoms with Gasteiger partial charge in [-0.1, -0.05) is 120 Å². The number of oxime groups is 1. The van der Waals surface area contributed by atoms with Crippen LogP contribution >= 0.6 is 23.1 Å². The van der Waals surface area contributed by atoms with Crippen LogP contribution in [-0.2, 0) is 45.6 Å². The molecule has 17 nitrogen and oxygen atoms in total. The zero-order chi connectivity index (χ0) is 50.6. The van der Waals surface area contributed by atoms with Crippen molar-refractivity contribution < 1.29 is 43.0 Å². The number of carbonyl (C=O) groups excluding carboxylic acids is 5. The number of fused-ring (bicyclic) bond motifs is 2. The van der Waals surface area contributed by atoms with Crippen LogP contribution in [0.1, 0.15) is 55.1 Å². The molecule has 4 aliphatic heterocycles. The van der Waals surface area contributed by atoms with Crippen molar-refractivity contribution in [1.29, 1.82) is 0 Å². The number of methoxy groups -OCH3 is 1. The lowest BCUT2D eigenvalue weighted by Crippen LogP contribution is -2.71. The topological polar surface area (TPSA) is 193 Å². The fraction of sp³-hybridized carbons (Fsp3) is 0.302. The van der Waals surface area contributed by atoms with Crippen molar-refractivity contribution in [1.82, 2.24) is 30.5 Å². The van der Waals surface area contributed by atoms with Crippen molar-refractivity contribution in [3.05, 3.63) is 172 Å². The molecule has 3 N–H and O–H groups in total. The molecule has 4 aromatic carbocycles. The molecule has 19 heteroatoms. The first kappa shape index (κ1) is 49.5. The number of carbonyl (C=O) groups is 5. The summed E-state index contributed by atoms with van der Waals surface area (Å²) in [4.78, 5) is 80.4. The summed E-state index contributed by atoms with van der Waals surface area (Å²) in [6.45, 7) is 6.02. The van der Waals surface area contributed by atoms with Crippen LogP contribution in [0, 0.1) is 0 Å². The second-order valence-corrected chi connectivity index (χ2v) is 20.3. The molecule has 5 heterocycles. The molecule has 1 aromatic heterocycles. The highest BCUT2D eigenvalue weighted by atomic mass is 32.2. The number of nitrogens with one attached hydrogen (secondary N) is 3. The summed E-state index contributed by atoms with van der Waals surface area (Å²) in [5.74, 6) is -1.34. The summed E-state index contributed by atoms with van der Waals surface area (Å²) in [6.07, 6.45) is 3.51. The zero-order valence-corrected chi connectivity index (χ0v) is 41.9. The lowest BCUT2D eigenvalue weighted by atomic mass is 9.77. The van der Waals surface area contributed by atoms with Gasteiger partial charge in [0.05, 0.1) is 13.2 Å². The Morgan fingerprint density at radius 1 is 0.847 bits per heavy atom. The summed E-state index contributed by atoms with van der Waals surface area (Å²) in [5.41, 5.74) is 2.58. The van der Waals surface area contributed by atoms with Gasteiger partial charge in [0.15, 0.2) is 10.8 Å². The van der Waals surface area contributed by atoms with E-state index in [0.29, 0.717) is 35.0 Å². The minimum atomic E-state index is -1.04. The van der Waals surface area contributed by atoms with Crippen LogP contribution < -0.4 is 20.7 Å². The molecule has 2 unspecified atom stereocenters. The number of hydrazine groups is 1. The quantitative estimate of drug-likeness (QED) is 0.0316. The van der Waals surface area contributed by atoms with E-state index in [9.17, 15) is 24.0 Å².